The maximum Gasteiger partial charge on any atom is 0.472 e. The molecule has 0 saturated heterocycles. The Kier molecular flexibility index (Phi) is 68.4. The van der Waals surface area contributed by atoms with Gasteiger partial charge in [-0.05, 0) is 37.5 Å². The predicted molar refractivity (Wildman–Crippen MR) is 395 cm³/mol. The summed E-state index contributed by atoms with van der Waals surface area (Å²) in [5.41, 5.74) is 0. The number of phosphoric acid groups is 2. The molecule has 0 aliphatic rings. The number of aliphatic hydroxyl groups excluding tert-OH is 1. The Labute approximate surface area is 594 Å². The Morgan fingerprint density at radius 1 is 0.278 bits per heavy atom. The first-order valence-corrected chi connectivity index (χ1v) is 43.5. The fourth-order valence-corrected chi connectivity index (χ4v) is 13.6. The zero-order valence-electron chi connectivity index (χ0n) is 63.4. The number of rotatable bonds is 77. The third kappa shape index (κ3) is 72.2. The van der Waals surface area contributed by atoms with Gasteiger partial charge in [0.15, 0.2) is 12.2 Å². The number of carbonyl (C=O) groups excluding carboxylic acids is 4. The second-order valence-electron chi connectivity index (χ2n) is 29.1. The van der Waals surface area contributed by atoms with Crippen LogP contribution in [0.25, 0.3) is 0 Å². The molecule has 0 aromatic heterocycles. The molecular formula is C78H152O17P2. The van der Waals surface area contributed by atoms with E-state index >= 15 is 0 Å². The van der Waals surface area contributed by atoms with Crippen molar-refractivity contribution in [3.63, 3.8) is 0 Å². The van der Waals surface area contributed by atoms with Gasteiger partial charge in [-0.2, -0.15) is 0 Å². The molecule has 0 radical (unpaired) electrons. The summed E-state index contributed by atoms with van der Waals surface area (Å²) in [6, 6.07) is 0. The molecule has 0 bridgehead atoms. The molecule has 17 nitrogen and oxygen atoms in total. The standard InChI is InChI=1S/C78H152O17P2/c1-7-9-11-13-15-17-18-19-20-21-22-23-24-27-31-38-44-50-56-62-77(82)94-74(67-89-76(81)61-55-49-43-37-30-28-25-26-29-35-40-46-52-58-70(3)4)69-93-97(86,87)91-65-72(79)64-90-96(84,85)92-68-73(66-88-75(80)60-54-48-42-34-16-14-12-10-8-2)95-78(83)63-57-51-45-39-33-32-36-41-47-53-59-71(5)6/h70-74,79H,7-69H2,1-6H3,(H,84,85)(H,86,87)/t72-,73+,74+/m0/s1. The average Bonchev–Trinajstić information content (AvgIpc) is 1.04. The maximum absolute atomic E-state index is 13.1. The van der Waals surface area contributed by atoms with E-state index in [1.165, 1.54) is 225 Å². The van der Waals surface area contributed by atoms with Crippen LogP contribution in [0.4, 0.5) is 0 Å². The van der Waals surface area contributed by atoms with Crippen molar-refractivity contribution in [1.29, 1.82) is 0 Å². The minimum atomic E-state index is -4.96. The van der Waals surface area contributed by atoms with Crippen LogP contribution in [0.2, 0.25) is 0 Å². The van der Waals surface area contributed by atoms with Crippen molar-refractivity contribution in [2.75, 3.05) is 39.6 Å². The Balaban J connectivity index is 5.22. The van der Waals surface area contributed by atoms with Crippen LogP contribution in [0.1, 0.15) is 408 Å². The summed E-state index contributed by atoms with van der Waals surface area (Å²) in [6.07, 6.45) is 58.3. The number of hydrogen-bond acceptors (Lipinski definition) is 15. The van der Waals surface area contributed by atoms with Crippen LogP contribution in [0, 0.1) is 11.8 Å². The molecule has 0 rings (SSSR count). The van der Waals surface area contributed by atoms with Crippen LogP contribution < -0.4 is 0 Å². The van der Waals surface area contributed by atoms with Crippen molar-refractivity contribution >= 4 is 39.5 Å². The molecule has 0 aromatic carbocycles. The number of aliphatic hydroxyl groups is 1. The smallest absolute Gasteiger partial charge is 0.462 e. The lowest BCUT2D eigenvalue weighted by atomic mass is 10.0. The van der Waals surface area contributed by atoms with Crippen molar-refractivity contribution in [2.24, 2.45) is 11.8 Å². The summed E-state index contributed by atoms with van der Waals surface area (Å²) in [6.45, 7) is 9.61. The summed E-state index contributed by atoms with van der Waals surface area (Å²) in [7, 11) is -9.91. The van der Waals surface area contributed by atoms with Gasteiger partial charge >= 0.3 is 39.5 Å². The van der Waals surface area contributed by atoms with Crippen LogP contribution >= 0.6 is 15.6 Å². The van der Waals surface area contributed by atoms with Gasteiger partial charge in [-0.15, -0.1) is 0 Å². The predicted octanol–water partition coefficient (Wildman–Crippen LogP) is 23.1. The zero-order valence-corrected chi connectivity index (χ0v) is 65.2. The first-order chi connectivity index (χ1) is 46.9. The minimum absolute atomic E-state index is 0.106. The van der Waals surface area contributed by atoms with E-state index in [9.17, 15) is 43.2 Å². The molecule has 0 fully saturated rings. The highest BCUT2D eigenvalue weighted by molar-refractivity contribution is 7.47. The second-order valence-corrected chi connectivity index (χ2v) is 32.0. The van der Waals surface area contributed by atoms with Crippen molar-refractivity contribution < 1.29 is 80.2 Å². The summed E-state index contributed by atoms with van der Waals surface area (Å²) < 4.78 is 68.6. The number of ether oxygens (including phenoxy) is 4. The topological polar surface area (TPSA) is 237 Å². The summed E-state index contributed by atoms with van der Waals surface area (Å²) in [4.78, 5) is 72.8. The Morgan fingerprint density at radius 3 is 0.701 bits per heavy atom. The minimum Gasteiger partial charge on any atom is -0.462 e. The van der Waals surface area contributed by atoms with E-state index in [-0.39, 0.29) is 25.7 Å². The van der Waals surface area contributed by atoms with Crippen LogP contribution in [0.15, 0.2) is 0 Å². The van der Waals surface area contributed by atoms with Crippen molar-refractivity contribution in [3.8, 4) is 0 Å². The molecule has 0 heterocycles. The average molecular weight is 1420 g/mol. The number of phosphoric ester groups is 2. The van der Waals surface area contributed by atoms with E-state index in [4.69, 9.17) is 37.0 Å². The molecule has 19 heteroatoms. The highest BCUT2D eigenvalue weighted by Gasteiger charge is 2.30. The maximum atomic E-state index is 13.1. The fraction of sp³-hybridized carbons (Fsp3) is 0.949. The van der Waals surface area contributed by atoms with Crippen molar-refractivity contribution in [3.05, 3.63) is 0 Å². The van der Waals surface area contributed by atoms with Crippen LogP contribution in [0.3, 0.4) is 0 Å². The van der Waals surface area contributed by atoms with E-state index in [0.717, 1.165) is 102 Å². The summed E-state index contributed by atoms with van der Waals surface area (Å²) in [5.74, 6) is -0.570. The quantitative estimate of drug-likeness (QED) is 0.0222. The first-order valence-electron chi connectivity index (χ1n) is 40.5. The third-order valence-electron chi connectivity index (χ3n) is 18.2. The van der Waals surface area contributed by atoms with Crippen LogP contribution in [0.5, 0.6) is 0 Å². The third-order valence-corrected chi connectivity index (χ3v) is 20.1. The van der Waals surface area contributed by atoms with Gasteiger partial charge in [0.1, 0.15) is 19.3 Å². The highest BCUT2D eigenvalue weighted by Crippen LogP contribution is 2.45. The SMILES string of the molecule is CCCCCCCCCCCCCCCCCCCCCC(=O)O[C@H](COC(=O)CCCCCCCCCCCCCCCC(C)C)COP(=O)(O)OC[C@@H](O)COP(=O)(O)OC[C@@H](COC(=O)CCCCCCCCCCC)OC(=O)CCCCCCCCCCCCC(C)C. The van der Waals surface area contributed by atoms with Crippen molar-refractivity contribution in [1.82, 2.24) is 0 Å². The number of hydrogen-bond donors (Lipinski definition) is 3. The van der Waals surface area contributed by atoms with Crippen LogP contribution in [-0.4, -0.2) is 96.7 Å². The number of carbonyl (C=O) groups is 4. The van der Waals surface area contributed by atoms with Gasteiger partial charge in [0, 0.05) is 25.7 Å². The van der Waals surface area contributed by atoms with E-state index in [2.05, 4.69) is 41.5 Å². The second kappa shape index (κ2) is 69.8. The summed E-state index contributed by atoms with van der Waals surface area (Å²) in [5, 5.41) is 10.6. The lowest BCUT2D eigenvalue weighted by molar-refractivity contribution is -0.161. The highest BCUT2D eigenvalue weighted by atomic mass is 31.2. The lowest BCUT2D eigenvalue weighted by Gasteiger charge is -2.21. The largest absolute Gasteiger partial charge is 0.472 e. The molecule has 97 heavy (non-hydrogen) atoms. The van der Waals surface area contributed by atoms with Gasteiger partial charge in [0.25, 0.3) is 0 Å². The molecule has 2 unspecified atom stereocenters. The zero-order chi connectivity index (χ0) is 71.4. The Hall–Kier alpha value is -1.94. The van der Waals surface area contributed by atoms with Gasteiger partial charge in [0.05, 0.1) is 26.4 Å². The van der Waals surface area contributed by atoms with E-state index in [0.29, 0.717) is 25.7 Å². The van der Waals surface area contributed by atoms with Gasteiger partial charge in [-0.25, -0.2) is 9.13 Å². The first kappa shape index (κ1) is 95.1. The van der Waals surface area contributed by atoms with Gasteiger partial charge in [-0.3, -0.25) is 37.3 Å². The van der Waals surface area contributed by atoms with E-state index in [1.54, 1.807) is 0 Å². The molecule has 576 valence electrons. The molecule has 3 N–H and O–H groups in total. The molecule has 5 atom stereocenters. The fourth-order valence-electron chi connectivity index (χ4n) is 12.0. The number of unbranched alkanes of at least 4 members (excludes halogenated alkanes) is 47. The normalized spacial score (nSPS) is 14.0. The molecule has 0 aromatic rings. The van der Waals surface area contributed by atoms with Crippen LogP contribution in [-0.2, 0) is 65.4 Å². The lowest BCUT2D eigenvalue weighted by Crippen LogP contribution is -2.30. The molecule has 0 aliphatic carbocycles. The van der Waals surface area contributed by atoms with E-state index in [1.807, 2.05) is 0 Å². The Morgan fingerprint density at radius 2 is 0.474 bits per heavy atom. The molecule has 0 spiro atoms. The van der Waals surface area contributed by atoms with Crippen molar-refractivity contribution in [2.45, 2.75) is 426 Å². The summed E-state index contributed by atoms with van der Waals surface area (Å²) >= 11 is 0. The van der Waals surface area contributed by atoms with Gasteiger partial charge < -0.3 is 33.8 Å². The Bertz CT molecular complexity index is 1870. The van der Waals surface area contributed by atoms with E-state index < -0.39 is 97.5 Å². The molecule has 0 saturated carbocycles. The van der Waals surface area contributed by atoms with Gasteiger partial charge in [0.2, 0.25) is 0 Å². The molecular weight excluding hydrogens is 1270 g/mol. The monoisotopic (exact) mass is 1420 g/mol. The number of esters is 4. The molecule has 0 aliphatic heterocycles. The molecule has 0 amide bonds. The van der Waals surface area contributed by atoms with Gasteiger partial charge in [-0.1, -0.05) is 356 Å².